The zero-order chi connectivity index (χ0) is 17.5. The number of hydrogen-bond donors (Lipinski definition) is 1. The number of hydrogen-bond acceptors (Lipinski definition) is 6. The van der Waals surface area contributed by atoms with Crippen molar-refractivity contribution in [2.45, 2.75) is 6.04 Å². The van der Waals surface area contributed by atoms with Crippen LogP contribution in [0.2, 0.25) is 0 Å². The Morgan fingerprint density at radius 3 is 2.64 bits per heavy atom. The van der Waals surface area contributed by atoms with Crippen molar-refractivity contribution in [1.29, 1.82) is 0 Å². The minimum absolute atomic E-state index is 0.0631. The van der Waals surface area contributed by atoms with E-state index in [-0.39, 0.29) is 24.2 Å². The summed E-state index contributed by atoms with van der Waals surface area (Å²) in [5, 5.41) is 4.85. The molecule has 0 fully saturated rings. The van der Waals surface area contributed by atoms with Crippen LogP contribution in [0.25, 0.3) is 0 Å². The van der Waals surface area contributed by atoms with Gasteiger partial charge in [0.25, 0.3) is 5.91 Å². The normalized spacial score (nSPS) is 11.5. The lowest BCUT2D eigenvalue weighted by atomic mass is 10.1. The standard InChI is InChI=1S/C18H15N3O3S/c22-16(12-24-18(23)14-11-19-8-9-20-14)21-17(15-7-4-10-25-15)13-5-2-1-3-6-13/h1-11,17H,12H2,(H,21,22)/t17-/m1/s1. The molecule has 7 heteroatoms. The molecule has 0 saturated carbocycles. The fourth-order valence-electron chi connectivity index (χ4n) is 2.23. The summed E-state index contributed by atoms with van der Waals surface area (Å²) in [7, 11) is 0. The van der Waals surface area contributed by atoms with Gasteiger partial charge in [-0.1, -0.05) is 36.4 Å². The maximum atomic E-state index is 12.2. The van der Waals surface area contributed by atoms with E-state index in [2.05, 4.69) is 15.3 Å². The number of rotatable bonds is 6. The van der Waals surface area contributed by atoms with Crippen molar-refractivity contribution in [2.75, 3.05) is 6.61 Å². The van der Waals surface area contributed by atoms with Crippen molar-refractivity contribution < 1.29 is 14.3 Å². The number of thiophene rings is 1. The molecular weight excluding hydrogens is 338 g/mol. The molecular formula is C18H15N3O3S. The molecule has 0 saturated heterocycles. The van der Waals surface area contributed by atoms with E-state index in [4.69, 9.17) is 4.74 Å². The number of amides is 1. The van der Waals surface area contributed by atoms with Crippen molar-refractivity contribution in [3.63, 3.8) is 0 Å². The maximum Gasteiger partial charge on any atom is 0.359 e. The second kappa shape index (κ2) is 8.16. The Morgan fingerprint density at radius 2 is 1.96 bits per heavy atom. The Morgan fingerprint density at radius 1 is 1.12 bits per heavy atom. The molecule has 126 valence electrons. The Labute approximate surface area is 148 Å². The highest BCUT2D eigenvalue weighted by Gasteiger charge is 2.19. The lowest BCUT2D eigenvalue weighted by Gasteiger charge is -2.18. The summed E-state index contributed by atoms with van der Waals surface area (Å²) in [6, 6.07) is 13.2. The highest BCUT2D eigenvalue weighted by molar-refractivity contribution is 7.10. The summed E-state index contributed by atoms with van der Waals surface area (Å²) in [5.41, 5.74) is 1.02. The molecule has 1 atom stereocenters. The zero-order valence-corrected chi connectivity index (χ0v) is 14.0. The highest BCUT2D eigenvalue weighted by atomic mass is 32.1. The first kappa shape index (κ1) is 16.8. The molecule has 0 spiro atoms. The van der Waals surface area contributed by atoms with E-state index in [1.165, 1.54) is 18.6 Å². The van der Waals surface area contributed by atoms with E-state index < -0.39 is 5.97 Å². The Bertz CT molecular complexity index is 823. The number of benzene rings is 1. The Hall–Kier alpha value is -3.06. The van der Waals surface area contributed by atoms with Gasteiger partial charge in [-0.15, -0.1) is 11.3 Å². The summed E-state index contributed by atoms with van der Waals surface area (Å²) in [6.07, 6.45) is 4.13. The molecule has 0 aliphatic carbocycles. The van der Waals surface area contributed by atoms with Gasteiger partial charge in [0.2, 0.25) is 0 Å². The second-order valence-electron chi connectivity index (χ2n) is 5.09. The van der Waals surface area contributed by atoms with E-state index in [0.717, 1.165) is 10.4 Å². The van der Waals surface area contributed by atoms with E-state index in [1.807, 2.05) is 47.8 Å². The SMILES string of the molecule is O=C(COC(=O)c1cnccn1)N[C@H](c1ccccc1)c1cccs1. The third kappa shape index (κ3) is 4.48. The maximum absolute atomic E-state index is 12.2. The van der Waals surface area contributed by atoms with Crippen LogP contribution < -0.4 is 5.32 Å². The van der Waals surface area contributed by atoms with Gasteiger partial charge in [-0.3, -0.25) is 9.78 Å². The summed E-state index contributed by atoms with van der Waals surface area (Å²) >= 11 is 1.55. The molecule has 0 radical (unpaired) electrons. The fourth-order valence-corrected chi connectivity index (χ4v) is 3.03. The van der Waals surface area contributed by atoms with Crippen molar-refractivity contribution in [1.82, 2.24) is 15.3 Å². The first-order valence-electron chi connectivity index (χ1n) is 7.55. The van der Waals surface area contributed by atoms with Gasteiger partial charge in [0.1, 0.15) is 0 Å². The number of nitrogens with zero attached hydrogens (tertiary/aromatic N) is 2. The van der Waals surface area contributed by atoms with Crippen molar-refractivity contribution in [3.05, 3.63) is 82.6 Å². The summed E-state index contributed by atoms with van der Waals surface area (Å²) in [6.45, 7) is -0.385. The molecule has 3 rings (SSSR count). The molecule has 0 aliphatic heterocycles. The highest BCUT2D eigenvalue weighted by Crippen LogP contribution is 2.25. The van der Waals surface area contributed by atoms with Gasteiger partial charge < -0.3 is 10.1 Å². The second-order valence-corrected chi connectivity index (χ2v) is 6.07. The number of esters is 1. The number of carbonyl (C=O) groups excluding carboxylic acids is 2. The van der Waals surface area contributed by atoms with Crippen molar-refractivity contribution in [2.24, 2.45) is 0 Å². The molecule has 0 aliphatic rings. The first-order chi connectivity index (χ1) is 12.2. The van der Waals surface area contributed by atoms with Crippen LogP contribution in [0.4, 0.5) is 0 Å². The lowest BCUT2D eigenvalue weighted by Crippen LogP contribution is -2.32. The molecule has 2 heterocycles. The van der Waals surface area contributed by atoms with Crippen LogP contribution in [0.5, 0.6) is 0 Å². The van der Waals surface area contributed by atoms with Crippen LogP contribution in [0, 0.1) is 0 Å². The third-order valence-corrected chi connectivity index (χ3v) is 4.31. The Balaban J connectivity index is 1.64. The van der Waals surface area contributed by atoms with Crippen molar-refractivity contribution in [3.8, 4) is 0 Å². The largest absolute Gasteiger partial charge is 0.451 e. The predicted octanol–water partition coefficient (Wildman–Crippen LogP) is 2.60. The van der Waals surface area contributed by atoms with Crippen LogP contribution in [0.1, 0.15) is 27.0 Å². The van der Waals surface area contributed by atoms with Gasteiger partial charge in [-0.05, 0) is 17.0 Å². The molecule has 1 aromatic carbocycles. The minimum atomic E-state index is -0.685. The topological polar surface area (TPSA) is 81.2 Å². The number of carbonyl (C=O) groups is 2. The van der Waals surface area contributed by atoms with Crippen LogP contribution >= 0.6 is 11.3 Å². The van der Waals surface area contributed by atoms with E-state index in [9.17, 15) is 9.59 Å². The average Bonchev–Trinajstić information content (AvgIpc) is 3.20. The van der Waals surface area contributed by atoms with Crippen molar-refractivity contribution >= 4 is 23.2 Å². The first-order valence-corrected chi connectivity index (χ1v) is 8.43. The van der Waals surface area contributed by atoms with Gasteiger partial charge in [0.15, 0.2) is 12.3 Å². The van der Waals surface area contributed by atoms with Gasteiger partial charge >= 0.3 is 5.97 Å². The molecule has 0 bridgehead atoms. The molecule has 2 aromatic heterocycles. The number of ether oxygens (including phenoxy) is 1. The number of nitrogens with one attached hydrogen (secondary N) is 1. The molecule has 1 N–H and O–H groups in total. The van der Waals surface area contributed by atoms with Gasteiger partial charge in [-0.2, -0.15) is 0 Å². The van der Waals surface area contributed by atoms with Crippen LogP contribution in [0.3, 0.4) is 0 Å². The Kier molecular flexibility index (Phi) is 5.48. The predicted molar refractivity (Wildman–Crippen MR) is 93.1 cm³/mol. The van der Waals surface area contributed by atoms with Gasteiger partial charge in [0, 0.05) is 17.3 Å². The monoisotopic (exact) mass is 353 g/mol. The van der Waals surface area contributed by atoms with Gasteiger partial charge in [0.05, 0.1) is 12.2 Å². The third-order valence-electron chi connectivity index (χ3n) is 3.37. The molecule has 3 aromatic rings. The summed E-state index contributed by atoms with van der Waals surface area (Å²) < 4.78 is 4.99. The fraction of sp³-hybridized carbons (Fsp3) is 0.111. The minimum Gasteiger partial charge on any atom is -0.451 e. The smallest absolute Gasteiger partial charge is 0.359 e. The quantitative estimate of drug-likeness (QED) is 0.689. The molecule has 6 nitrogen and oxygen atoms in total. The van der Waals surface area contributed by atoms with Crippen LogP contribution in [0.15, 0.2) is 66.4 Å². The zero-order valence-electron chi connectivity index (χ0n) is 13.2. The van der Waals surface area contributed by atoms with E-state index >= 15 is 0 Å². The van der Waals surface area contributed by atoms with Crippen LogP contribution in [-0.2, 0) is 9.53 Å². The molecule has 1 amide bonds. The molecule has 25 heavy (non-hydrogen) atoms. The molecule has 0 unspecified atom stereocenters. The van der Waals surface area contributed by atoms with Crippen LogP contribution in [-0.4, -0.2) is 28.5 Å². The number of aromatic nitrogens is 2. The van der Waals surface area contributed by atoms with E-state index in [0.29, 0.717) is 0 Å². The summed E-state index contributed by atoms with van der Waals surface area (Å²) in [4.78, 5) is 32.7. The average molecular weight is 353 g/mol. The lowest BCUT2D eigenvalue weighted by molar-refractivity contribution is -0.124. The summed E-state index contributed by atoms with van der Waals surface area (Å²) in [5.74, 6) is -1.07. The van der Waals surface area contributed by atoms with E-state index in [1.54, 1.807) is 11.3 Å². The van der Waals surface area contributed by atoms with Gasteiger partial charge in [-0.25, -0.2) is 9.78 Å².